The summed E-state index contributed by atoms with van der Waals surface area (Å²) in [6.07, 6.45) is 0. The summed E-state index contributed by atoms with van der Waals surface area (Å²) in [6.45, 7) is 0.554. The van der Waals surface area contributed by atoms with Crippen molar-refractivity contribution in [1.29, 1.82) is 0 Å². The van der Waals surface area contributed by atoms with Crippen molar-refractivity contribution < 1.29 is 0 Å². The van der Waals surface area contributed by atoms with Gasteiger partial charge in [-0.05, 0) is 18.2 Å². The van der Waals surface area contributed by atoms with E-state index < -0.39 is 0 Å². The van der Waals surface area contributed by atoms with Gasteiger partial charge in [-0.25, -0.2) is 0 Å². The van der Waals surface area contributed by atoms with Gasteiger partial charge in [-0.1, -0.05) is 0 Å². The predicted octanol–water partition coefficient (Wildman–Crippen LogP) is -0.521. The molecular formula is C7H7N3. The van der Waals surface area contributed by atoms with Crippen LogP contribution in [0.15, 0.2) is 28.2 Å². The molecule has 0 unspecified atom stereocenters. The Bertz CT molecular complexity index is 367. The monoisotopic (exact) mass is 133 g/mol. The van der Waals surface area contributed by atoms with E-state index in [1.165, 1.54) is 0 Å². The second-order valence-electron chi connectivity index (χ2n) is 2.21. The van der Waals surface area contributed by atoms with E-state index in [4.69, 9.17) is 5.73 Å². The molecule has 0 saturated heterocycles. The number of nitrogen functional groups attached to an aromatic ring is 1. The average Bonchev–Trinajstić information content (AvgIpc) is 2.33. The van der Waals surface area contributed by atoms with Gasteiger partial charge in [0.2, 0.25) is 0 Å². The minimum atomic E-state index is 0.554. The lowest BCUT2D eigenvalue weighted by atomic mass is 10.3. The van der Waals surface area contributed by atoms with Crippen LogP contribution >= 0.6 is 0 Å². The number of anilines is 1. The van der Waals surface area contributed by atoms with Crippen molar-refractivity contribution in [2.45, 2.75) is 0 Å². The third-order valence-electron chi connectivity index (χ3n) is 1.48. The number of nitrogens with zero attached hydrogens (tertiary/aromatic N) is 2. The van der Waals surface area contributed by atoms with Gasteiger partial charge in [0.25, 0.3) is 0 Å². The zero-order valence-electron chi connectivity index (χ0n) is 5.41. The van der Waals surface area contributed by atoms with Crippen LogP contribution in [0.2, 0.25) is 0 Å². The largest absolute Gasteiger partial charge is 0.399 e. The maximum absolute atomic E-state index is 5.53. The second kappa shape index (κ2) is 1.80. The molecule has 0 amide bonds. The molecule has 0 aliphatic carbocycles. The zero-order valence-corrected chi connectivity index (χ0v) is 5.41. The molecule has 1 aromatic rings. The van der Waals surface area contributed by atoms with Gasteiger partial charge < -0.3 is 5.73 Å². The Kier molecular flexibility index (Phi) is 0.974. The molecule has 10 heavy (non-hydrogen) atoms. The highest BCUT2D eigenvalue weighted by Crippen LogP contribution is 1.91. The van der Waals surface area contributed by atoms with Gasteiger partial charge in [0, 0.05) is 5.69 Å². The highest BCUT2D eigenvalue weighted by atomic mass is 15.0. The van der Waals surface area contributed by atoms with E-state index in [0.717, 1.165) is 16.4 Å². The van der Waals surface area contributed by atoms with Crippen molar-refractivity contribution in [3.05, 3.63) is 28.9 Å². The first-order chi connectivity index (χ1) is 4.86. The lowest BCUT2D eigenvalue weighted by Crippen LogP contribution is -2.21. The van der Waals surface area contributed by atoms with Gasteiger partial charge in [0.15, 0.2) is 0 Å². The molecule has 0 saturated carbocycles. The molecule has 0 aromatic heterocycles. The van der Waals surface area contributed by atoms with Gasteiger partial charge in [-0.15, -0.1) is 0 Å². The summed E-state index contributed by atoms with van der Waals surface area (Å²) in [7, 11) is 0. The molecule has 1 aromatic carbocycles. The fourth-order valence-electron chi connectivity index (χ4n) is 0.989. The molecule has 0 fully saturated rings. The maximum Gasteiger partial charge on any atom is 0.130 e. The molecule has 0 atom stereocenters. The highest BCUT2D eigenvalue weighted by Gasteiger charge is 1.94. The van der Waals surface area contributed by atoms with Crippen LogP contribution in [0.4, 0.5) is 5.69 Å². The van der Waals surface area contributed by atoms with Crippen molar-refractivity contribution >= 4 is 5.69 Å². The van der Waals surface area contributed by atoms with Crippen LogP contribution in [-0.2, 0) is 0 Å². The van der Waals surface area contributed by atoms with Crippen LogP contribution in [0, 0.1) is 0 Å². The summed E-state index contributed by atoms with van der Waals surface area (Å²) < 4.78 is 0. The first-order valence-corrected chi connectivity index (χ1v) is 3.11. The van der Waals surface area contributed by atoms with E-state index in [1.807, 2.05) is 18.2 Å². The van der Waals surface area contributed by atoms with Crippen LogP contribution in [0.5, 0.6) is 0 Å². The third kappa shape index (κ3) is 0.673. The van der Waals surface area contributed by atoms with Gasteiger partial charge in [-0.3, -0.25) is 9.98 Å². The van der Waals surface area contributed by atoms with Gasteiger partial charge in [-0.2, -0.15) is 0 Å². The van der Waals surface area contributed by atoms with Crippen molar-refractivity contribution in [1.82, 2.24) is 0 Å². The molecule has 2 N–H and O–H groups in total. The maximum atomic E-state index is 5.53. The van der Waals surface area contributed by atoms with Gasteiger partial charge in [0.05, 0.1) is 10.7 Å². The minimum absolute atomic E-state index is 0.554. The number of fused-ring (bicyclic) bond motifs is 1. The molecule has 3 nitrogen and oxygen atoms in total. The zero-order chi connectivity index (χ0) is 6.97. The molecule has 1 heterocycles. The molecule has 0 spiro atoms. The highest BCUT2D eigenvalue weighted by molar-refractivity contribution is 5.36. The summed E-state index contributed by atoms with van der Waals surface area (Å²) >= 11 is 0. The number of rotatable bonds is 0. The Hall–Kier alpha value is -1.38. The first kappa shape index (κ1) is 5.41. The molecule has 50 valence electrons. The Morgan fingerprint density at radius 3 is 2.90 bits per heavy atom. The van der Waals surface area contributed by atoms with Crippen LogP contribution in [0.3, 0.4) is 0 Å². The number of hydrogen-bond donors (Lipinski definition) is 1. The SMILES string of the molecule is Nc1ccc2c(c1)=NCN=2. The summed E-state index contributed by atoms with van der Waals surface area (Å²) in [5.41, 5.74) is 6.28. The first-order valence-electron chi connectivity index (χ1n) is 3.11. The van der Waals surface area contributed by atoms with Crippen molar-refractivity contribution in [3.8, 4) is 0 Å². The molecule has 0 radical (unpaired) electrons. The Morgan fingerprint density at radius 1 is 1.20 bits per heavy atom. The van der Waals surface area contributed by atoms with E-state index in [0.29, 0.717) is 6.67 Å². The summed E-state index contributed by atoms with van der Waals surface area (Å²) in [4.78, 5) is 8.23. The Morgan fingerprint density at radius 2 is 2.00 bits per heavy atom. The molecular weight excluding hydrogens is 126 g/mol. The third-order valence-corrected chi connectivity index (χ3v) is 1.48. The van der Waals surface area contributed by atoms with E-state index in [1.54, 1.807) is 0 Å². The number of nitrogens with two attached hydrogens (primary N) is 1. The smallest absolute Gasteiger partial charge is 0.130 e. The second-order valence-corrected chi connectivity index (χ2v) is 2.21. The van der Waals surface area contributed by atoms with Crippen LogP contribution < -0.4 is 16.4 Å². The van der Waals surface area contributed by atoms with Gasteiger partial charge >= 0.3 is 0 Å². The van der Waals surface area contributed by atoms with Crippen molar-refractivity contribution in [2.75, 3.05) is 12.4 Å². The van der Waals surface area contributed by atoms with Crippen molar-refractivity contribution in [2.24, 2.45) is 9.98 Å². The number of benzene rings is 1. The van der Waals surface area contributed by atoms with Crippen LogP contribution in [0.25, 0.3) is 0 Å². The lowest BCUT2D eigenvalue weighted by molar-refractivity contribution is 1.06. The van der Waals surface area contributed by atoms with E-state index in [9.17, 15) is 0 Å². The summed E-state index contributed by atoms with van der Waals surface area (Å²) in [6, 6.07) is 5.57. The molecule has 2 rings (SSSR count). The minimum Gasteiger partial charge on any atom is -0.399 e. The van der Waals surface area contributed by atoms with Crippen LogP contribution in [-0.4, -0.2) is 6.67 Å². The Labute approximate surface area is 57.9 Å². The quantitative estimate of drug-likeness (QED) is 0.476. The Balaban J connectivity index is 2.88. The number of hydrogen-bond acceptors (Lipinski definition) is 3. The van der Waals surface area contributed by atoms with Crippen molar-refractivity contribution in [3.63, 3.8) is 0 Å². The van der Waals surface area contributed by atoms with Crippen LogP contribution in [0.1, 0.15) is 0 Å². The standard InChI is InChI=1S/C7H7N3/c8-5-1-2-6-7(3-5)10-4-9-6/h1-3H,4,8H2. The molecule has 3 heteroatoms. The summed E-state index contributed by atoms with van der Waals surface area (Å²) in [5.74, 6) is 0. The summed E-state index contributed by atoms with van der Waals surface area (Å²) in [5, 5.41) is 1.87. The molecule has 1 aliphatic rings. The predicted molar refractivity (Wildman–Crippen MR) is 38.0 cm³/mol. The van der Waals surface area contributed by atoms with E-state index in [2.05, 4.69) is 9.98 Å². The molecule has 1 aliphatic heterocycles. The normalized spacial score (nSPS) is 13.6. The lowest BCUT2D eigenvalue weighted by Gasteiger charge is -1.86. The topological polar surface area (TPSA) is 50.7 Å². The fraction of sp³-hybridized carbons (Fsp3) is 0.143. The molecule has 0 bridgehead atoms. The van der Waals surface area contributed by atoms with Gasteiger partial charge in [0.1, 0.15) is 6.67 Å². The van der Waals surface area contributed by atoms with E-state index in [-0.39, 0.29) is 0 Å². The fourth-order valence-corrected chi connectivity index (χ4v) is 0.989. The average molecular weight is 133 g/mol. The van der Waals surface area contributed by atoms with E-state index >= 15 is 0 Å².